The topological polar surface area (TPSA) is 124 Å². The van der Waals surface area contributed by atoms with Crippen molar-refractivity contribution in [3.05, 3.63) is 78.8 Å². The Bertz CT molecular complexity index is 1420. The molecule has 3 aromatic rings. The average molecular weight is 591 g/mol. The highest BCUT2D eigenvalue weighted by Crippen LogP contribution is 2.37. The van der Waals surface area contributed by atoms with Crippen molar-refractivity contribution in [2.45, 2.75) is 26.1 Å². The van der Waals surface area contributed by atoms with E-state index in [1.807, 2.05) is 0 Å². The van der Waals surface area contributed by atoms with Crippen LogP contribution in [0.1, 0.15) is 34.5 Å². The molecule has 0 fully saturated rings. The molecule has 15 heteroatoms. The summed E-state index contributed by atoms with van der Waals surface area (Å²) in [5.41, 5.74) is -4.26. The Morgan fingerprint density at radius 3 is 2.59 bits per heavy atom. The van der Waals surface area contributed by atoms with Gasteiger partial charge in [-0.1, -0.05) is 0 Å². The number of aliphatic hydroxyl groups excluding tert-OH is 1. The van der Waals surface area contributed by atoms with Gasteiger partial charge in [-0.3, -0.25) is 9.36 Å². The average Bonchev–Trinajstić information content (AvgIpc) is 2.82. The summed E-state index contributed by atoms with van der Waals surface area (Å²) in [6.45, 7) is 0.268. The molecule has 0 saturated heterocycles. The van der Waals surface area contributed by atoms with Gasteiger partial charge in [0.1, 0.15) is 18.9 Å². The second-order valence-corrected chi connectivity index (χ2v) is 8.29. The Hall–Kier alpha value is -3.77. The fourth-order valence-electron chi connectivity index (χ4n) is 3.13. The van der Waals surface area contributed by atoms with Crippen LogP contribution in [0.15, 0.2) is 40.0 Å². The van der Waals surface area contributed by atoms with Gasteiger partial charge in [-0.2, -0.15) is 23.2 Å². The second-order valence-electron chi connectivity index (χ2n) is 7.43. The van der Waals surface area contributed by atoms with E-state index in [1.165, 1.54) is 13.0 Å². The summed E-state index contributed by atoms with van der Waals surface area (Å²) >= 11 is 3.16. The second kappa shape index (κ2) is 11.1. The molecule has 1 N–H and O–H groups in total. The summed E-state index contributed by atoms with van der Waals surface area (Å²) in [6.07, 6.45) is -6.69. The smallest absolute Gasteiger partial charge is 0.437 e. The molecule has 1 aromatic carbocycles. The van der Waals surface area contributed by atoms with Crippen molar-refractivity contribution >= 4 is 15.9 Å². The summed E-state index contributed by atoms with van der Waals surface area (Å²) in [7, 11) is 0. The van der Waals surface area contributed by atoms with Crippen LogP contribution in [0.2, 0.25) is 0 Å². The Balaban J connectivity index is 2.11. The minimum atomic E-state index is -5.16. The van der Waals surface area contributed by atoms with Gasteiger partial charge in [0.05, 0.1) is 29.0 Å². The Kier molecular flexibility index (Phi) is 8.34. The summed E-state index contributed by atoms with van der Waals surface area (Å²) in [5.74, 6) is -1.83. The highest BCUT2D eigenvalue weighted by molar-refractivity contribution is 9.10. The number of pyridine rings is 1. The van der Waals surface area contributed by atoms with Crippen molar-refractivity contribution in [2.75, 3.05) is 13.2 Å². The monoisotopic (exact) mass is 590 g/mol. The van der Waals surface area contributed by atoms with Gasteiger partial charge in [0.15, 0.2) is 11.4 Å². The Labute approximate surface area is 213 Å². The highest BCUT2D eigenvalue weighted by atomic mass is 79.9. The number of ether oxygens (including phenoxy) is 2. The quantitative estimate of drug-likeness (QED) is 0.239. The molecule has 9 nitrogen and oxygen atoms in total. The van der Waals surface area contributed by atoms with Gasteiger partial charge in [-0.25, -0.2) is 13.8 Å². The molecular weight excluding hydrogens is 575 g/mol. The van der Waals surface area contributed by atoms with Crippen molar-refractivity contribution in [3.8, 4) is 23.3 Å². The highest BCUT2D eigenvalue weighted by Gasteiger charge is 2.39. The van der Waals surface area contributed by atoms with Gasteiger partial charge in [0.25, 0.3) is 12.0 Å². The number of hydrogen-bond donors (Lipinski definition) is 1. The van der Waals surface area contributed by atoms with Crippen LogP contribution >= 0.6 is 15.9 Å². The SMILES string of the molecule is Cc1c(C#N)cc(C(F)F)cc1Oc1c(C(F)(F)F)ncn(Cc2cc(Br)c(OCCO)c[n+]2[O-])c1=O. The molecule has 0 unspecified atom stereocenters. The molecule has 196 valence electrons. The first kappa shape index (κ1) is 27.8. The van der Waals surface area contributed by atoms with Gasteiger partial charge in [0.2, 0.25) is 17.6 Å². The number of alkyl halides is 5. The van der Waals surface area contributed by atoms with Crippen LogP contribution < -0.4 is 19.8 Å². The molecular formula is C22H16BrF5N4O5. The van der Waals surface area contributed by atoms with E-state index >= 15 is 0 Å². The van der Waals surface area contributed by atoms with Crippen LogP contribution in [-0.2, 0) is 12.7 Å². The number of nitrogens with zero attached hydrogens (tertiary/aromatic N) is 4. The molecule has 0 aliphatic rings. The zero-order valence-corrected chi connectivity index (χ0v) is 20.3. The van der Waals surface area contributed by atoms with E-state index in [1.54, 1.807) is 6.07 Å². The van der Waals surface area contributed by atoms with Crippen LogP contribution in [-0.4, -0.2) is 27.9 Å². The molecule has 0 amide bonds. The first-order valence-corrected chi connectivity index (χ1v) is 11.0. The maximum Gasteiger partial charge on any atom is 0.437 e. The summed E-state index contributed by atoms with van der Waals surface area (Å²) < 4.78 is 79.1. The lowest BCUT2D eigenvalue weighted by Gasteiger charge is -2.17. The summed E-state index contributed by atoms with van der Waals surface area (Å²) in [5, 5.41) is 30.5. The van der Waals surface area contributed by atoms with E-state index in [2.05, 4.69) is 20.9 Å². The number of aliphatic hydroxyl groups is 1. The van der Waals surface area contributed by atoms with Crippen molar-refractivity contribution < 1.29 is 41.3 Å². The summed E-state index contributed by atoms with van der Waals surface area (Å²) in [4.78, 5) is 16.3. The largest absolute Gasteiger partial charge is 0.618 e. The first-order valence-electron chi connectivity index (χ1n) is 10.2. The van der Waals surface area contributed by atoms with Gasteiger partial charge in [0, 0.05) is 17.2 Å². The molecule has 0 saturated carbocycles. The normalized spacial score (nSPS) is 11.5. The first-order chi connectivity index (χ1) is 17.4. The van der Waals surface area contributed by atoms with E-state index in [9.17, 15) is 37.2 Å². The van der Waals surface area contributed by atoms with Gasteiger partial charge in [-0.05, 0) is 35.0 Å². The van der Waals surface area contributed by atoms with E-state index in [-0.39, 0.29) is 40.3 Å². The number of hydrogen-bond acceptors (Lipinski definition) is 7. The zero-order valence-electron chi connectivity index (χ0n) is 18.7. The zero-order chi connectivity index (χ0) is 27.5. The van der Waals surface area contributed by atoms with Crippen LogP contribution in [0.4, 0.5) is 22.0 Å². The Morgan fingerprint density at radius 1 is 1.30 bits per heavy atom. The number of halogens is 6. The number of rotatable bonds is 8. The van der Waals surface area contributed by atoms with Gasteiger partial charge in [-0.15, -0.1) is 0 Å². The van der Waals surface area contributed by atoms with Crippen molar-refractivity contribution in [1.82, 2.24) is 9.55 Å². The molecule has 0 bridgehead atoms. The van der Waals surface area contributed by atoms with Crippen LogP contribution in [0.5, 0.6) is 17.2 Å². The van der Waals surface area contributed by atoms with Gasteiger partial charge >= 0.3 is 6.18 Å². The van der Waals surface area contributed by atoms with E-state index in [0.717, 1.165) is 18.3 Å². The maximum absolute atomic E-state index is 13.7. The molecule has 0 aliphatic carbocycles. The molecule has 0 aliphatic heterocycles. The fraction of sp³-hybridized carbons (Fsp3) is 0.273. The third-order valence-corrected chi connectivity index (χ3v) is 5.58. The standard InChI is InChI=1S/C22H16BrF5N4O5/c1-11-13(7-29)4-12(20(24)25)5-16(11)37-18-19(22(26,27)28)30-10-31(21(18)34)8-14-6-15(23)17(9-32(14)35)36-3-2-33/h4-6,9-10,20,33H,2-3,8H2,1H3. The minimum Gasteiger partial charge on any atom is -0.618 e. The van der Waals surface area contributed by atoms with Crippen molar-refractivity contribution in [1.29, 1.82) is 5.26 Å². The molecule has 0 atom stereocenters. The molecule has 3 rings (SSSR count). The lowest BCUT2D eigenvalue weighted by molar-refractivity contribution is -0.614. The predicted octanol–water partition coefficient (Wildman–Crippen LogP) is 3.99. The van der Waals surface area contributed by atoms with E-state index in [4.69, 9.17) is 14.6 Å². The van der Waals surface area contributed by atoms with Gasteiger partial charge < -0.3 is 19.8 Å². The van der Waals surface area contributed by atoms with Crippen molar-refractivity contribution in [2.24, 2.45) is 0 Å². The summed E-state index contributed by atoms with van der Waals surface area (Å²) in [6, 6.07) is 4.48. The van der Waals surface area contributed by atoms with Crippen molar-refractivity contribution in [3.63, 3.8) is 0 Å². The lowest BCUT2D eigenvalue weighted by atomic mass is 10.0. The van der Waals surface area contributed by atoms with Crippen LogP contribution in [0, 0.1) is 23.5 Å². The van der Waals surface area contributed by atoms with E-state index < -0.39 is 47.5 Å². The third kappa shape index (κ3) is 6.15. The molecule has 2 aromatic heterocycles. The minimum absolute atomic E-state index is 0.0670. The Morgan fingerprint density at radius 2 is 2.00 bits per heavy atom. The number of nitriles is 1. The lowest BCUT2D eigenvalue weighted by Crippen LogP contribution is -2.35. The fourth-order valence-corrected chi connectivity index (χ4v) is 3.61. The third-order valence-electron chi connectivity index (χ3n) is 4.96. The van der Waals surface area contributed by atoms with E-state index in [0.29, 0.717) is 15.6 Å². The van der Waals surface area contributed by atoms with Crippen LogP contribution in [0.25, 0.3) is 0 Å². The predicted molar refractivity (Wildman–Crippen MR) is 119 cm³/mol. The molecule has 2 heterocycles. The molecule has 0 radical (unpaired) electrons. The van der Waals surface area contributed by atoms with Crippen LogP contribution in [0.3, 0.4) is 0 Å². The molecule has 0 spiro atoms. The maximum atomic E-state index is 13.7. The number of benzene rings is 1. The molecule has 37 heavy (non-hydrogen) atoms. The number of aromatic nitrogens is 3.